The third kappa shape index (κ3) is 4.30. The highest BCUT2D eigenvalue weighted by molar-refractivity contribution is 6.14. The molecule has 1 N–H and O–H groups in total. The normalized spacial score (nSPS) is 18.0. The minimum Gasteiger partial charge on any atom is -0.505 e. The van der Waals surface area contributed by atoms with E-state index in [1.54, 1.807) is 0 Å². The number of benzene rings is 1. The van der Waals surface area contributed by atoms with Crippen molar-refractivity contribution in [3.8, 4) is 5.75 Å². The Labute approximate surface area is 144 Å². The molecule has 0 aliphatic carbocycles. The van der Waals surface area contributed by atoms with Crippen LogP contribution in [0.3, 0.4) is 0 Å². The molecule has 25 heavy (non-hydrogen) atoms. The molecule has 1 saturated heterocycles. The Hall–Kier alpha value is -2.54. The van der Waals surface area contributed by atoms with Crippen LogP contribution in [0.15, 0.2) is 35.1 Å². The largest absolute Gasteiger partial charge is 0.505 e. The summed E-state index contributed by atoms with van der Waals surface area (Å²) in [7, 11) is 0. The SMILES string of the molecule is O=C1C=C(N2CCOCC2)N=C(CC(=O)Cc2cccc(F)c2O)C1. The first-order valence-electron chi connectivity index (χ1n) is 8.14. The molecule has 0 aromatic heterocycles. The van der Waals surface area contributed by atoms with Crippen molar-refractivity contribution >= 4 is 17.3 Å². The van der Waals surface area contributed by atoms with Gasteiger partial charge in [-0.3, -0.25) is 9.59 Å². The third-order valence-corrected chi connectivity index (χ3v) is 4.14. The van der Waals surface area contributed by atoms with Crippen LogP contribution in [0.1, 0.15) is 18.4 Å². The van der Waals surface area contributed by atoms with Gasteiger partial charge in [0.25, 0.3) is 0 Å². The van der Waals surface area contributed by atoms with Gasteiger partial charge in [-0.15, -0.1) is 0 Å². The Kier molecular flexibility index (Phi) is 5.23. The number of nitrogens with zero attached hydrogens (tertiary/aromatic N) is 2. The first-order chi connectivity index (χ1) is 12.0. The molecule has 1 aromatic rings. The minimum absolute atomic E-state index is 0.00335. The second-order valence-corrected chi connectivity index (χ2v) is 6.06. The van der Waals surface area contributed by atoms with Crippen molar-refractivity contribution < 1.29 is 23.8 Å². The predicted molar refractivity (Wildman–Crippen MR) is 88.9 cm³/mol. The van der Waals surface area contributed by atoms with E-state index >= 15 is 0 Å². The second kappa shape index (κ2) is 7.57. The summed E-state index contributed by atoms with van der Waals surface area (Å²) in [6.07, 6.45) is 1.50. The number of aromatic hydroxyl groups is 1. The fourth-order valence-corrected chi connectivity index (χ4v) is 2.89. The van der Waals surface area contributed by atoms with Gasteiger partial charge in [0.05, 0.1) is 13.2 Å². The average Bonchev–Trinajstić information content (AvgIpc) is 2.59. The summed E-state index contributed by atoms with van der Waals surface area (Å²) >= 11 is 0. The van der Waals surface area contributed by atoms with E-state index in [1.165, 1.54) is 18.2 Å². The van der Waals surface area contributed by atoms with E-state index in [4.69, 9.17) is 4.74 Å². The molecule has 2 aliphatic rings. The lowest BCUT2D eigenvalue weighted by Crippen LogP contribution is -2.36. The molecule has 7 heteroatoms. The first kappa shape index (κ1) is 17.3. The number of ether oxygens (including phenoxy) is 1. The zero-order chi connectivity index (χ0) is 17.8. The predicted octanol–water partition coefficient (Wildman–Crippen LogP) is 1.62. The molecular formula is C18H19FN2O4. The molecule has 0 radical (unpaired) electrons. The van der Waals surface area contributed by atoms with Gasteiger partial charge in [-0.2, -0.15) is 0 Å². The van der Waals surface area contributed by atoms with Crippen molar-refractivity contribution in [3.05, 3.63) is 41.5 Å². The van der Waals surface area contributed by atoms with Crippen LogP contribution in [-0.2, 0) is 20.7 Å². The minimum atomic E-state index is -0.756. The molecule has 132 valence electrons. The number of morpholine rings is 1. The zero-order valence-corrected chi connectivity index (χ0v) is 13.7. The molecule has 3 rings (SSSR count). The maximum absolute atomic E-state index is 13.3. The quantitative estimate of drug-likeness (QED) is 0.876. The Balaban J connectivity index is 1.67. The fourth-order valence-electron chi connectivity index (χ4n) is 2.89. The van der Waals surface area contributed by atoms with Crippen molar-refractivity contribution in [1.29, 1.82) is 0 Å². The number of hydrogen-bond donors (Lipinski definition) is 1. The number of allylic oxidation sites excluding steroid dienone is 1. The van der Waals surface area contributed by atoms with Gasteiger partial charge in [0, 0.05) is 49.7 Å². The van der Waals surface area contributed by atoms with Gasteiger partial charge in [-0.1, -0.05) is 12.1 Å². The van der Waals surface area contributed by atoms with E-state index in [-0.39, 0.29) is 36.4 Å². The summed E-state index contributed by atoms with van der Waals surface area (Å²) < 4.78 is 18.6. The van der Waals surface area contributed by atoms with E-state index in [0.717, 1.165) is 6.07 Å². The number of Topliss-reactive ketones (excluding diaryl/α,β-unsaturated/α-hetero) is 1. The van der Waals surface area contributed by atoms with Crippen LogP contribution in [0.2, 0.25) is 0 Å². The molecule has 2 aliphatic heterocycles. The van der Waals surface area contributed by atoms with Crippen LogP contribution < -0.4 is 0 Å². The molecule has 0 saturated carbocycles. The third-order valence-electron chi connectivity index (χ3n) is 4.14. The molecule has 6 nitrogen and oxygen atoms in total. The lowest BCUT2D eigenvalue weighted by atomic mass is 10.0. The molecule has 0 atom stereocenters. The fraction of sp³-hybridized carbons (Fsp3) is 0.389. The van der Waals surface area contributed by atoms with Crippen LogP contribution in [0.25, 0.3) is 0 Å². The standard InChI is InChI=1S/C18H19FN2O4/c19-16-3-1-2-12(18(16)24)8-14(22)9-13-10-15(23)11-17(20-13)21-4-6-25-7-5-21/h1-3,11,24H,4-10H2. The zero-order valence-electron chi connectivity index (χ0n) is 13.7. The van der Waals surface area contributed by atoms with Crippen LogP contribution in [0.5, 0.6) is 5.75 Å². The van der Waals surface area contributed by atoms with Crippen LogP contribution in [0, 0.1) is 5.82 Å². The first-order valence-corrected chi connectivity index (χ1v) is 8.14. The summed E-state index contributed by atoms with van der Waals surface area (Å²) in [5.74, 6) is -1.01. The van der Waals surface area contributed by atoms with Gasteiger partial charge in [0.2, 0.25) is 0 Å². The number of halogens is 1. The summed E-state index contributed by atoms with van der Waals surface area (Å²) in [5, 5.41) is 9.67. The summed E-state index contributed by atoms with van der Waals surface area (Å²) in [4.78, 5) is 30.6. The van der Waals surface area contributed by atoms with Gasteiger partial charge in [-0.05, 0) is 6.07 Å². The van der Waals surface area contributed by atoms with Crippen molar-refractivity contribution in [2.75, 3.05) is 26.3 Å². The van der Waals surface area contributed by atoms with Crippen molar-refractivity contribution in [3.63, 3.8) is 0 Å². The number of phenolic OH excluding ortho intramolecular Hbond substituents is 1. The Bertz CT molecular complexity index is 751. The van der Waals surface area contributed by atoms with Gasteiger partial charge < -0.3 is 14.7 Å². The molecule has 2 heterocycles. The van der Waals surface area contributed by atoms with Gasteiger partial charge in [0.1, 0.15) is 11.6 Å². The van der Waals surface area contributed by atoms with Crippen LogP contribution in [0.4, 0.5) is 4.39 Å². The molecule has 1 aromatic carbocycles. The van der Waals surface area contributed by atoms with Gasteiger partial charge in [0.15, 0.2) is 17.3 Å². The average molecular weight is 346 g/mol. The van der Waals surface area contributed by atoms with Gasteiger partial charge >= 0.3 is 0 Å². The lowest BCUT2D eigenvalue weighted by Gasteiger charge is -2.30. The highest BCUT2D eigenvalue weighted by Gasteiger charge is 2.22. The van der Waals surface area contributed by atoms with E-state index < -0.39 is 11.6 Å². The topological polar surface area (TPSA) is 79.2 Å². The van der Waals surface area contributed by atoms with Crippen molar-refractivity contribution in [2.45, 2.75) is 19.3 Å². The highest BCUT2D eigenvalue weighted by Crippen LogP contribution is 2.22. The Morgan fingerprint density at radius 1 is 1.28 bits per heavy atom. The van der Waals surface area contributed by atoms with Crippen LogP contribution >= 0.6 is 0 Å². The van der Waals surface area contributed by atoms with Crippen LogP contribution in [-0.4, -0.2) is 53.6 Å². The lowest BCUT2D eigenvalue weighted by molar-refractivity contribution is -0.117. The van der Waals surface area contributed by atoms with E-state index in [2.05, 4.69) is 4.99 Å². The van der Waals surface area contributed by atoms with E-state index in [9.17, 15) is 19.1 Å². The number of aliphatic imine (C=N–C) groups is 1. The smallest absolute Gasteiger partial charge is 0.165 e. The molecule has 0 unspecified atom stereocenters. The Morgan fingerprint density at radius 2 is 2.04 bits per heavy atom. The summed E-state index contributed by atoms with van der Waals surface area (Å²) in [6.45, 7) is 2.46. The highest BCUT2D eigenvalue weighted by atomic mass is 19.1. The molecule has 0 amide bonds. The second-order valence-electron chi connectivity index (χ2n) is 6.06. The number of phenols is 1. The van der Waals surface area contributed by atoms with Gasteiger partial charge in [-0.25, -0.2) is 9.38 Å². The monoisotopic (exact) mass is 346 g/mol. The maximum Gasteiger partial charge on any atom is 0.165 e. The number of ketones is 2. The summed E-state index contributed by atoms with van der Waals surface area (Å²) in [6, 6.07) is 4.08. The number of rotatable bonds is 5. The van der Waals surface area contributed by atoms with Crippen molar-refractivity contribution in [2.24, 2.45) is 4.99 Å². The molecule has 0 bridgehead atoms. The summed E-state index contributed by atoms with van der Waals surface area (Å²) in [5.41, 5.74) is 0.728. The molecular weight excluding hydrogens is 327 g/mol. The van der Waals surface area contributed by atoms with Crippen molar-refractivity contribution in [1.82, 2.24) is 4.90 Å². The number of para-hydroxylation sites is 1. The van der Waals surface area contributed by atoms with E-state index in [0.29, 0.717) is 37.8 Å². The number of carbonyl (C=O) groups is 2. The Morgan fingerprint density at radius 3 is 2.80 bits per heavy atom. The number of carbonyl (C=O) groups excluding carboxylic acids is 2. The van der Waals surface area contributed by atoms with E-state index in [1.807, 2.05) is 4.90 Å². The molecule has 0 spiro atoms. The molecule has 1 fully saturated rings. The maximum atomic E-state index is 13.3. The number of hydrogen-bond acceptors (Lipinski definition) is 6.